The fourth-order valence-corrected chi connectivity index (χ4v) is 1.87. The number of rotatable bonds is 4. The molecule has 0 radical (unpaired) electrons. The molecule has 1 rings (SSSR count). The van der Waals surface area contributed by atoms with Crippen LogP contribution in [0.15, 0.2) is 29.2 Å². The molecule has 84 valence electrons. The van der Waals surface area contributed by atoms with Crippen molar-refractivity contribution >= 4 is 19.7 Å². The lowest BCUT2D eigenvalue weighted by atomic mass is 10.2. The summed E-state index contributed by atoms with van der Waals surface area (Å²) in [5.74, 6) is 0. The van der Waals surface area contributed by atoms with Gasteiger partial charge in [-0.05, 0) is 31.5 Å². The van der Waals surface area contributed by atoms with Gasteiger partial charge in [-0.2, -0.15) is 0 Å². The molecule has 15 heavy (non-hydrogen) atoms. The van der Waals surface area contributed by atoms with Crippen LogP contribution in [0.2, 0.25) is 0 Å². The van der Waals surface area contributed by atoms with E-state index in [0.29, 0.717) is 6.61 Å². The summed E-state index contributed by atoms with van der Waals surface area (Å²) in [7, 11) is 1.58. The summed E-state index contributed by atoms with van der Waals surface area (Å²) in [6.07, 6.45) is 0.112. The van der Waals surface area contributed by atoms with Crippen LogP contribution >= 0.6 is 10.7 Å². The predicted octanol–water partition coefficient (Wildman–Crippen LogP) is 2.54. The molecule has 1 aromatic carbocycles. The molecule has 0 unspecified atom stereocenters. The Morgan fingerprint density at radius 1 is 1.40 bits per heavy atom. The highest BCUT2D eigenvalue weighted by Crippen LogP contribution is 2.16. The molecule has 0 aliphatic carbocycles. The van der Waals surface area contributed by atoms with Crippen molar-refractivity contribution in [1.29, 1.82) is 0 Å². The van der Waals surface area contributed by atoms with Crippen LogP contribution in [0.4, 0.5) is 0 Å². The van der Waals surface area contributed by atoms with Crippen LogP contribution in [0, 0.1) is 0 Å². The summed E-state index contributed by atoms with van der Waals surface area (Å²) in [6, 6.07) is 6.42. The van der Waals surface area contributed by atoms with E-state index < -0.39 is 9.05 Å². The van der Waals surface area contributed by atoms with Crippen molar-refractivity contribution in [1.82, 2.24) is 0 Å². The topological polar surface area (TPSA) is 43.4 Å². The Bertz CT molecular complexity index is 426. The fraction of sp³-hybridized carbons (Fsp3) is 0.400. The van der Waals surface area contributed by atoms with Crippen LogP contribution in [0.5, 0.6) is 0 Å². The minimum absolute atomic E-state index is 0.106. The standard InChI is InChI=1S/C10H13ClO3S/c1-8(2)14-7-9-4-3-5-10(6-9)15(11,12)13/h3-6,8H,7H2,1-2H3. The number of hydrogen-bond acceptors (Lipinski definition) is 3. The van der Waals surface area contributed by atoms with E-state index >= 15 is 0 Å². The van der Waals surface area contributed by atoms with Crippen molar-refractivity contribution in [2.45, 2.75) is 31.5 Å². The molecule has 0 fully saturated rings. The maximum Gasteiger partial charge on any atom is 0.261 e. The van der Waals surface area contributed by atoms with Crippen LogP contribution < -0.4 is 0 Å². The number of hydrogen-bond donors (Lipinski definition) is 0. The molecular formula is C10H13ClO3S. The van der Waals surface area contributed by atoms with Crippen molar-refractivity contribution in [2.24, 2.45) is 0 Å². The van der Waals surface area contributed by atoms with Crippen molar-refractivity contribution in [3.05, 3.63) is 29.8 Å². The molecule has 0 aliphatic heterocycles. The van der Waals surface area contributed by atoms with E-state index in [4.69, 9.17) is 15.4 Å². The molecular weight excluding hydrogens is 236 g/mol. The van der Waals surface area contributed by atoms with Crippen molar-refractivity contribution in [2.75, 3.05) is 0 Å². The molecule has 3 nitrogen and oxygen atoms in total. The first-order valence-electron chi connectivity index (χ1n) is 4.55. The molecule has 0 amide bonds. The van der Waals surface area contributed by atoms with Crippen molar-refractivity contribution in [3.63, 3.8) is 0 Å². The monoisotopic (exact) mass is 248 g/mol. The van der Waals surface area contributed by atoms with E-state index in [1.54, 1.807) is 12.1 Å². The van der Waals surface area contributed by atoms with Gasteiger partial charge in [-0.1, -0.05) is 12.1 Å². The number of benzene rings is 1. The quantitative estimate of drug-likeness (QED) is 0.769. The zero-order valence-electron chi connectivity index (χ0n) is 8.60. The van der Waals surface area contributed by atoms with Gasteiger partial charge >= 0.3 is 0 Å². The molecule has 0 saturated carbocycles. The first kappa shape index (κ1) is 12.5. The zero-order valence-corrected chi connectivity index (χ0v) is 10.2. The van der Waals surface area contributed by atoms with Gasteiger partial charge in [0.1, 0.15) is 0 Å². The first-order chi connectivity index (χ1) is 6.89. The lowest BCUT2D eigenvalue weighted by molar-refractivity contribution is 0.0656. The Morgan fingerprint density at radius 3 is 2.60 bits per heavy atom. The number of ether oxygens (including phenoxy) is 1. The summed E-state index contributed by atoms with van der Waals surface area (Å²) in [6.45, 7) is 4.22. The molecule has 0 aliphatic rings. The normalized spacial score (nSPS) is 12.0. The fourth-order valence-electron chi connectivity index (χ4n) is 1.05. The molecule has 0 aromatic heterocycles. The zero-order chi connectivity index (χ0) is 11.5. The molecule has 0 heterocycles. The highest BCUT2D eigenvalue weighted by Gasteiger charge is 2.09. The second-order valence-electron chi connectivity index (χ2n) is 3.45. The second kappa shape index (κ2) is 4.96. The Balaban J connectivity index is 2.84. The van der Waals surface area contributed by atoms with Crippen LogP contribution in [-0.2, 0) is 20.4 Å². The lowest BCUT2D eigenvalue weighted by Gasteiger charge is -2.07. The average molecular weight is 249 g/mol. The lowest BCUT2D eigenvalue weighted by Crippen LogP contribution is -2.02. The molecule has 0 saturated heterocycles. The van der Waals surface area contributed by atoms with E-state index in [-0.39, 0.29) is 11.0 Å². The maximum atomic E-state index is 11.0. The highest BCUT2D eigenvalue weighted by atomic mass is 35.7. The van der Waals surface area contributed by atoms with Gasteiger partial charge < -0.3 is 4.74 Å². The van der Waals surface area contributed by atoms with Crippen LogP contribution in [0.1, 0.15) is 19.4 Å². The Labute approximate surface area is 94.4 Å². The average Bonchev–Trinajstić information content (AvgIpc) is 2.14. The minimum atomic E-state index is -3.65. The van der Waals surface area contributed by atoms with Gasteiger partial charge in [0.25, 0.3) is 9.05 Å². The molecule has 0 atom stereocenters. The molecule has 5 heteroatoms. The van der Waals surface area contributed by atoms with Gasteiger partial charge in [-0.15, -0.1) is 0 Å². The smallest absolute Gasteiger partial charge is 0.261 e. The minimum Gasteiger partial charge on any atom is -0.374 e. The SMILES string of the molecule is CC(C)OCc1cccc(S(=O)(=O)Cl)c1. The summed E-state index contributed by atoms with van der Waals surface area (Å²) < 4.78 is 27.5. The largest absolute Gasteiger partial charge is 0.374 e. The summed E-state index contributed by atoms with van der Waals surface area (Å²) >= 11 is 0. The van der Waals surface area contributed by atoms with E-state index in [1.165, 1.54) is 12.1 Å². The van der Waals surface area contributed by atoms with Crippen molar-refractivity contribution in [3.8, 4) is 0 Å². The molecule has 0 spiro atoms. The summed E-state index contributed by atoms with van der Waals surface area (Å²) in [5, 5.41) is 0. The van der Waals surface area contributed by atoms with Gasteiger partial charge in [0.2, 0.25) is 0 Å². The van der Waals surface area contributed by atoms with E-state index in [9.17, 15) is 8.42 Å². The van der Waals surface area contributed by atoms with Gasteiger partial charge in [-0.25, -0.2) is 8.42 Å². The number of halogens is 1. The summed E-state index contributed by atoms with van der Waals surface area (Å²) in [5.41, 5.74) is 0.797. The van der Waals surface area contributed by atoms with E-state index in [1.807, 2.05) is 13.8 Å². The first-order valence-corrected chi connectivity index (χ1v) is 6.86. The van der Waals surface area contributed by atoms with Gasteiger partial charge in [0, 0.05) is 10.7 Å². The van der Waals surface area contributed by atoms with Crippen LogP contribution in [0.25, 0.3) is 0 Å². The van der Waals surface area contributed by atoms with Gasteiger partial charge in [-0.3, -0.25) is 0 Å². The third-order valence-corrected chi connectivity index (χ3v) is 3.11. The van der Waals surface area contributed by atoms with E-state index in [0.717, 1.165) is 5.56 Å². The highest BCUT2D eigenvalue weighted by molar-refractivity contribution is 8.13. The van der Waals surface area contributed by atoms with Crippen molar-refractivity contribution < 1.29 is 13.2 Å². The Morgan fingerprint density at radius 2 is 2.07 bits per heavy atom. The Hall–Kier alpha value is -0.580. The van der Waals surface area contributed by atoms with Gasteiger partial charge in [0.15, 0.2) is 0 Å². The third kappa shape index (κ3) is 4.20. The molecule has 0 N–H and O–H groups in total. The third-order valence-electron chi connectivity index (χ3n) is 1.76. The van der Waals surface area contributed by atoms with Crippen LogP contribution in [0.3, 0.4) is 0 Å². The molecule has 0 bridgehead atoms. The van der Waals surface area contributed by atoms with Gasteiger partial charge in [0.05, 0.1) is 17.6 Å². The van der Waals surface area contributed by atoms with Crippen LogP contribution in [-0.4, -0.2) is 14.5 Å². The second-order valence-corrected chi connectivity index (χ2v) is 6.01. The Kier molecular flexibility index (Phi) is 4.13. The predicted molar refractivity (Wildman–Crippen MR) is 59.4 cm³/mol. The van der Waals surface area contributed by atoms with E-state index in [2.05, 4.69) is 0 Å². The summed E-state index contributed by atoms with van der Waals surface area (Å²) in [4.78, 5) is 0.106. The maximum absolute atomic E-state index is 11.0. The molecule has 1 aromatic rings.